The number of aryl methyl sites for hydroxylation is 2. The molecule has 0 aliphatic carbocycles. The lowest BCUT2D eigenvalue weighted by atomic mass is 9.96. The zero-order valence-corrected chi connectivity index (χ0v) is 16.5. The number of benzene rings is 2. The summed E-state index contributed by atoms with van der Waals surface area (Å²) in [5.74, 6) is 0.575. The molecule has 1 aromatic heterocycles. The molecule has 0 unspecified atom stereocenters. The average molecular weight is 385 g/mol. The summed E-state index contributed by atoms with van der Waals surface area (Å²) in [6.45, 7) is 5.64. The van der Waals surface area contributed by atoms with Crippen molar-refractivity contribution in [1.29, 1.82) is 0 Å². The largest absolute Gasteiger partial charge is 0.339 e. The first-order chi connectivity index (χ1) is 12.5. The predicted octanol–water partition coefficient (Wildman–Crippen LogP) is 5.59. The Morgan fingerprint density at radius 3 is 2.65 bits per heavy atom. The lowest BCUT2D eigenvalue weighted by molar-refractivity contribution is 0.0712. The summed E-state index contributed by atoms with van der Waals surface area (Å²) in [6.07, 6.45) is 1.93. The van der Waals surface area contributed by atoms with E-state index < -0.39 is 0 Å². The first kappa shape index (κ1) is 17.5. The van der Waals surface area contributed by atoms with E-state index in [-0.39, 0.29) is 5.91 Å². The van der Waals surface area contributed by atoms with Gasteiger partial charge in [0.25, 0.3) is 5.91 Å². The standard InChI is InChI=1S/C21H21ClN2OS/c1-13-3-5-17(14(2)11-13)21(25)24-9-7-15(8-10-24)20-23-18-12-16(22)4-6-19(18)26-20/h3-6,11-12,15H,7-10H2,1-2H3. The van der Waals surface area contributed by atoms with Gasteiger partial charge in [0.05, 0.1) is 15.2 Å². The van der Waals surface area contributed by atoms with E-state index in [0.717, 1.165) is 47.6 Å². The Bertz CT molecular complexity index is 973. The van der Waals surface area contributed by atoms with Crippen LogP contribution in [0.3, 0.4) is 0 Å². The fourth-order valence-corrected chi connectivity index (χ4v) is 4.93. The van der Waals surface area contributed by atoms with E-state index in [2.05, 4.69) is 13.0 Å². The molecule has 3 aromatic rings. The molecule has 0 N–H and O–H groups in total. The van der Waals surface area contributed by atoms with Crippen LogP contribution in [0.25, 0.3) is 10.2 Å². The van der Waals surface area contributed by atoms with Gasteiger partial charge in [0.2, 0.25) is 0 Å². The molecule has 0 atom stereocenters. The van der Waals surface area contributed by atoms with Crippen molar-refractivity contribution in [1.82, 2.24) is 9.88 Å². The van der Waals surface area contributed by atoms with Crippen LogP contribution in [0.4, 0.5) is 0 Å². The predicted molar refractivity (Wildman–Crippen MR) is 108 cm³/mol. The quantitative estimate of drug-likeness (QED) is 0.577. The Kier molecular flexibility index (Phi) is 4.72. The number of likely N-dealkylation sites (tertiary alicyclic amines) is 1. The fraction of sp³-hybridized carbons (Fsp3) is 0.333. The van der Waals surface area contributed by atoms with Crippen LogP contribution in [0.2, 0.25) is 5.02 Å². The van der Waals surface area contributed by atoms with E-state index in [1.54, 1.807) is 11.3 Å². The van der Waals surface area contributed by atoms with Crippen LogP contribution in [0, 0.1) is 13.8 Å². The molecule has 0 spiro atoms. The zero-order chi connectivity index (χ0) is 18.3. The molecule has 2 aromatic carbocycles. The highest BCUT2D eigenvalue weighted by Gasteiger charge is 2.27. The summed E-state index contributed by atoms with van der Waals surface area (Å²) < 4.78 is 1.18. The molecule has 0 saturated carbocycles. The summed E-state index contributed by atoms with van der Waals surface area (Å²) in [4.78, 5) is 19.6. The van der Waals surface area contributed by atoms with Gasteiger partial charge in [0.1, 0.15) is 0 Å². The first-order valence-electron chi connectivity index (χ1n) is 8.94. The average Bonchev–Trinajstić information content (AvgIpc) is 3.04. The minimum Gasteiger partial charge on any atom is -0.339 e. The molecule has 2 heterocycles. The summed E-state index contributed by atoms with van der Waals surface area (Å²) >= 11 is 7.82. The highest BCUT2D eigenvalue weighted by atomic mass is 35.5. The van der Waals surface area contributed by atoms with Gasteiger partial charge >= 0.3 is 0 Å². The zero-order valence-electron chi connectivity index (χ0n) is 15.0. The summed E-state index contributed by atoms with van der Waals surface area (Å²) in [6, 6.07) is 11.9. The Labute approximate surface area is 162 Å². The van der Waals surface area contributed by atoms with Crippen molar-refractivity contribution in [2.45, 2.75) is 32.6 Å². The van der Waals surface area contributed by atoms with Gasteiger partial charge < -0.3 is 4.90 Å². The highest BCUT2D eigenvalue weighted by Crippen LogP contribution is 2.35. The molecule has 1 amide bonds. The van der Waals surface area contributed by atoms with E-state index in [1.807, 2.05) is 42.2 Å². The monoisotopic (exact) mass is 384 g/mol. The van der Waals surface area contributed by atoms with Crippen molar-refractivity contribution in [3.8, 4) is 0 Å². The van der Waals surface area contributed by atoms with Crippen LogP contribution >= 0.6 is 22.9 Å². The molecule has 4 rings (SSSR count). The molecular formula is C21H21ClN2OS. The molecule has 1 fully saturated rings. The number of halogens is 1. The third-order valence-corrected chi connectivity index (χ3v) is 6.54. The molecule has 5 heteroatoms. The lowest BCUT2D eigenvalue weighted by Crippen LogP contribution is -2.38. The summed E-state index contributed by atoms with van der Waals surface area (Å²) in [5, 5.41) is 1.89. The molecule has 1 aliphatic rings. The maximum atomic E-state index is 12.9. The Balaban J connectivity index is 1.47. The normalized spacial score (nSPS) is 15.6. The van der Waals surface area contributed by atoms with E-state index in [0.29, 0.717) is 5.92 Å². The van der Waals surface area contributed by atoms with E-state index >= 15 is 0 Å². The van der Waals surface area contributed by atoms with Gasteiger partial charge in [0.15, 0.2) is 0 Å². The van der Waals surface area contributed by atoms with Gasteiger partial charge in [-0.25, -0.2) is 4.98 Å². The van der Waals surface area contributed by atoms with Gasteiger partial charge in [-0.05, 0) is 56.5 Å². The maximum Gasteiger partial charge on any atom is 0.254 e. The van der Waals surface area contributed by atoms with Crippen molar-refractivity contribution < 1.29 is 4.79 Å². The van der Waals surface area contributed by atoms with Gasteiger partial charge in [0, 0.05) is 29.6 Å². The topological polar surface area (TPSA) is 33.2 Å². The maximum absolute atomic E-state index is 12.9. The van der Waals surface area contributed by atoms with E-state index in [4.69, 9.17) is 16.6 Å². The van der Waals surface area contributed by atoms with E-state index in [1.165, 1.54) is 15.3 Å². The molecule has 134 valence electrons. The van der Waals surface area contributed by atoms with Crippen LogP contribution < -0.4 is 0 Å². The third kappa shape index (κ3) is 3.36. The molecule has 26 heavy (non-hydrogen) atoms. The second kappa shape index (κ2) is 7.01. The van der Waals surface area contributed by atoms with Crippen LogP contribution in [0.15, 0.2) is 36.4 Å². The van der Waals surface area contributed by atoms with Crippen LogP contribution in [0.5, 0.6) is 0 Å². The number of aromatic nitrogens is 1. The number of thiazole rings is 1. The van der Waals surface area contributed by atoms with Gasteiger partial charge in [-0.3, -0.25) is 4.79 Å². The molecule has 3 nitrogen and oxygen atoms in total. The van der Waals surface area contributed by atoms with Crippen molar-refractivity contribution in [2.24, 2.45) is 0 Å². The smallest absolute Gasteiger partial charge is 0.254 e. The fourth-order valence-electron chi connectivity index (χ4n) is 3.65. The van der Waals surface area contributed by atoms with Crippen LogP contribution in [-0.2, 0) is 0 Å². The highest BCUT2D eigenvalue weighted by molar-refractivity contribution is 7.18. The van der Waals surface area contributed by atoms with Gasteiger partial charge in [-0.2, -0.15) is 0 Å². The minimum absolute atomic E-state index is 0.150. The molecular weight excluding hydrogens is 364 g/mol. The second-order valence-electron chi connectivity index (χ2n) is 7.05. The number of amides is 1. The number of hydrogen-bond acceptors (Lipinski definition) is 3. The van der Waals surface area contributed by atoms with Crippen LogP contribution in [0.1, 0.15) is 45.3 Å². The number of rotatable bonds is 2. The third-order valence-electron chi connectivity index (χ3n) is 5.11. The lowest BCUT2D eigenvalue weighted by Gasteiger charge is -2.31. The van der Waals surface area contributed by atoms with Gasteiger partial charge in [-0.15, -0.1) is 11.3 Å². The summed E-state index contributed by atoms with van der Waals surface area (Å²) in [7, 11) is 0. The SMILES string of the molecule is Cc1ccc(C(=O)N2CCC(c3nc4cc(Cl)ccc4s3)CC2)c(C)c1. The Hall–Kier alpha value is -1.91. The number of nitrogens with zero attached hydrogens (tertiary/aromatic N) is 2. The van der Waals surface area contributed by atoms with Crippen molar-refractivity contribution in [3.05, 3.63) is 63.1 Å². The number of piperidine rings is 1. The molecule has 1 aliphatic heterocycles. The number of hydrogen-bond donors (Lipinski definition) is 0. The van der Waals surface area contributed by atoms with Crippen molar-refractivity contribution in [2.75, 3.05) is 13.1 Å². The molecule has 1 saturated heterocycles. The van der Waals surface area contributed by atoms with Gasteiger partial charge in [-0.1, -0.05) is 29.3 Å². The number of fused-ring (bicyclic) bond motifs is 1. The minimum atomic E-state index is 0.150. The van der Waals surface area contributed by atoms with Crippen LogP contribution in [-0.4, -0.2) is 28.9 Å². The number of carbonyl (C=O) groups excluding carboxylic acids is 1. The molecule has 0 bridgehead atoms. The van der Waals surface area contributed by atoms with E-state index in [9.17, 15) is 4.79 Å². The Morgan fingerprint density at radius 1 is 1.15 bits per heavy atom. The first-order valence-corrected chi connectivity index (χ1v) is 10.1. The van der Waals surface area contributed by atoms with Crippen molar-refractivity contribution in [3.63, 3.8) is 0 Å². The second-order valence-corrected chi connectivity index (χ2v) is 8.55. The number of carbonyl (C=O) groups is 1. The molecule has 0 radical (unpaired) electrons. The summed E-state index contributed by atoms with van der Waals surface area (Å²) in [5.41, 5.74) is 4.05. The Morgan fingerprint density at radius 2 is 1.92 bits per heavy atom. The van der Waals surface area contributed by atoms with Crippen molar-refractivity contribution >= 4 is 39.1 Å².